The number of amides is 2. The molecule has 0 unspecified atom stereocenters. The molecule has 1 spiro atoms. The normalized spacial score (nSPS) is 24.0. The van der Waals surface area contributed by atoms with Gasteiger partial charge in [0.15, 0.2) is 0 Å². The zero-order valence-electron chi connectivity index (χ0n) is 16.9. The first-order chi connectivity index (χ1) is 13.9. The number of carbonyl (C=O) groups is 2. The van der Waals surface area contributed by atoms with Crippen molar-refractivity contribution < 1.29 is 19.1 Å². The summed E-state index contributed by atoms with van der Waals surface area (Å²) in [6, 6.07) is 7.41. The molecule has 1 aromatic carbocycles. The van der Waals surface area contributed by atoms with Crippen LogP contribution in [0.5, 0.6) is 17.2 Å². The summed E-state index contributed by atoms with van der Waals surface area (Å²) < 4.78 is 12.1. The predicted molar refractivity (Wildman–Crippen MR) is 107 cm³/mol. The van der Waals surface area contributed by atoms with E-state index in [2.05, 4.69) is 11.9 Å². The second-order valence-electron chi connectivity index (χ2n) is 8.73. The maximum atomic E-state index is 12.7. The van der Waals surface area contributed by atoms with Crippen molar-refractivity contribution >= 4 is 17.6 Å². The van der Waals surface area contributed by atoms with E-state index in [0.29, 0.717) is 18.0 Å². The SMILES string of the molecule is CC[C@@]1(C)CC(=O)N(c2ccc(Oc3ccc(C)c4c3C3(CC3)CO4)cn2)C1=O. The average molecular weight is 392 g/mol. The van der Waals surface area contributed by atoms with E-state index in [1.807, 2.05) is 26.0 Å². The Morgan fingerprint density at radius 3 is 2.62 bits per heavy atom. The third kappa shape index (κ3) is 2.65. The van der Waals surface area contributed by atoms with Crippen LogP contribution in [0.1, 0.15) is 50.7 Å². The molecule has 0 N–H and O–H groups in total. The van der Waals surface area contributed by atoms with Crippen LogP contribution in [0, 0.1) is 12.3 Å². The molecule has 1 saturated carbocycles. The van der Waals surface area contributed by atoms with Gasteiger partial charge >= 0.3 is 0 Å². The molecule has 6 nitrogen and oxygen atoms in total. The second kappa shape index (κ2) is 6.05. The lowest BCUT2D eigenvalue weighted by atomic mass is 9.86. The summed E-state index contributed by atoms with van der Waals surface area (Å²) in [4.78, 5) is 30.6. The Bertz CT molecular complexity index is 1030. The third-order valence-electron chi connectivity index (χ3n) is 6.66. The fourth-order valence-corrected chi connectivity index (χ4v) is 4.34. The number of hydrogen-bond donors (Lipinski definition) is 0. The quantitative estimate of drug-likeness (QED) is 0.726. The summed E-state index contributed by atoms with van der Waals surface area (Å²) in [5.74, 6) is 2.26. The summed E-state index contributed by atoms with van der Waals surface area (Å²) in [5, 5.41) is 0. The van der Waals surface area contributed by atoms with E-state index in [4.69, 9.17) is 9.47 Å². The first kappa shape index (κ1) is 18.2. The molecule has 1 atom stereocenters. The lowest BCUT2D eigenvalue weighted by molar-refractivity contribution is -0.125. The van der Waals surface area contributed by atoms with Gasteiger partial charge in [0.1, 0.15) is 23.1 Å². The van der Waals surface area contributed by atoms with Crippen LogP contribution in [-0.4, -0.2) is 23.4 Å². The van der Waals surface area contributed by atoms with Gasteiger partial charge in [0, 0.05) is 17.4 Å². The Morgan fingerprint density at radius 1 is 1.21 bits per heavy atom. The van der Waals surface area contributed by atoms with Gasteiger partial charge < -0.3 is 9.47 Å². The molecule has 2 fully saturated rings. The summed E-state index contributed by atoms with van der Waals surface area (Å²) in [7, 11) is 0. The van der Waals surface area contributed by atoms with Gasteiger partial charge in [-0.2, -0.15) is 0 Å². The molecule has 1 aromatic heterocycles. The number of nitrogens with zero attached hydrogens (tertiary/aromatic N) is 2. The molecule has 1 saturated heterocycles. The first-order valence-corrected chi connectivity index (χ1v) is 10.2. The molecule has 29 heavy (non-hydrogen) atoms. The predicted octanol–water partition coefficient (Wildman–Crippen LogP) is 4.29. The minimum atomic E-state index is -0.644. The highest BCUT2D eigenvalue weighted by atomic mass is 16.5. The number of imide groups is 1. The van der Waals surface area contributed by atoms with Crippen LogP contribution in [0.3, 0.4) is 0 Å². The van der Waals surface area contributed by atoms with E-state index < -0.39 is 5.41 Å². The van der Waals surface area contributed by atoms with Crippen LogP contribution >= 0.6 is 0 Å². The number of pyridine rings is 1. The Balaban J connectivity index is 1.41. The van der Waals surface area contributed by atoms with E-state index in [1.54, 1.807) is 18.3 Å². The van der Waals surface area contributed by atoms with Crippen LogP contribution in [-0.2, 0) is 15.0 Å². The Hall–Kier alpha value is -2.89. The molecule has 5 rings (SSSR count). The number of hydrogen-bond acceptors (Lipinski definition) is 5. The van der Waals surface area contributed by atoms with Crippen molar-refractivity contribution in [3.63, 3.8) is 0 Å². The van der Waals surface area contributed by atoms with Crippen molar-refractivity contribution in [2.24, 2.45) is 5.41 Å². The molecule has 150 valence electrons. The molecule has 3 aliphatic rings. The number of aryl methyl sites for hydroxylation is 1. The monoisotopic (exact) mass is 392 g/mol. The van der Waals surface area contributed by atoms with Gasteiger partial charge in [0.2, 0.25) is 11.8 Å². The van der Waals surface area contributed by atoms with Gasteiger partial charge in [-0.05, 0) is 49.9 Å². The van der Waals surface area contributed by atoms with E-state index in [0.717, 1.165) is 42.1 Å². The van der Waals surface area contributed by atoms with Crippen molar-refractivity contribution in [1.82, 2.24) is 4.98 Å². The van der Waals surface area contributed by atoms with E-state index in [1.165, 1.54) is 4.90 Å². The van der Waals surface area contributed by atoms with Crippen LogP contribution in [0.15, 0.2) is 30.5 Å². The highest BCUT2D eigenvalue weighted by molar-refractivity contribution is 6.21. The number of ether oxygens (including phenoxy) is 2. The fourth-order valence-electron chi connectivity index (χ4n) is 4.34. The standard InChI is InChI=1S/C23H24N2O4/c1-4-22(3)11-18(26)25(21(22)27)17-8-6-15(12-24-17)29-16-7-5-14(2)20-19(16)23(9-10-23)13-28-20/h5-8,12H,4,9-11,13H2,1-3H3/t22-/m0/s1. The number of fused-ring (bicyclic) bond motifs is 2. The fraction of sp³-hybridized carbons (Fsp3) is 0.435. The van der Waals surface area contributed by atoms with Gasteiger partial charge in [-0.3, -0.25) is 9.59 Å². The van der Waals surface area contributed by atoms with Crippen molar-refractivity contribution in [2.45, 2.75) is 51.9 Å². The lowest BCUT2D eigenvalue weighted by Crippen LogP contribution is -2.34. The largest absolute Gasteiger partial charge is 0.492 e. The number of anilines is 1. The molecule has 1 aliphatic carbocycles. The topological polar surface area (TPSA) is 68.7 Å². The molecule has 0 radical (unpaired) electrons. The van der Waals surface area contributed by atoms with Crippen LogP contribution in [0.2, 0.25) is 0 Å². The molecule has 2 amide bonds. The maximum Gasteiger partial charge on any atom is 0.241 e. The zero-order valence-corrected chi connectivity index (χ0v) is 16.9. The number of rotatable bonds is 4. The highest BCUT2D eigenvalue weighted by Crippen LogP contribution is 2.59. The molecule has 2 aromatic rings. The molecule has 3 heterocycles. The van der Waals surface area contributed by atoms with Crippen molar-refractivity contribution in [3.8, 4) is 17.2 Å². The summed E-state index contributed by atoms with van der Waals surface area (Å²) in [6.45, 7) is 6.53. The third-order valence-corrected chi connectivity index (χ3v) is 6.66. The lowest BCUT2D eigenvalue weighted by Gasteiger charge is -2.20. The minimum absolute atomic E-state index is 0.100. The number of aromatic nitrogens is 1. The summed E-state index contributed by atoms with van der Waals surface area (Å²) >= 11 is 0. The number of benzene rings is 1. The van der Waals surface area contributed by atoms with E-state index in [-0.39, 0.29) is 23.7 Å². The van der Waals surface area contributed by atoms with Gasteiger partial charge in [-0.1, -0.05) is 19.9 Å². The van der Waals surface area contributed by atoms with Gasteiger partial charge in [-0.25, -0.2) is 9.88 Å². The smallest absolute Gasteiger partial charge is 0.241 e. The Morgan fingerprint density at radius 2 is 2.00 bits per heavy atom. The van der Waals surface area contributed by atoms with Crippen LogP contribution in [0.4, 0.5) is 5.82 Å². The zero-order chi connectivity index (χ0) is 20.4. The molecular formula is C23H24N2O4. The average Bonchev–Trinajstić information content (AvgIpc) is 3.32. The van der Waals surface area contributed by atoms with Gasteiger partial charge in [0.05, 0.1) is 18.2 Å². The highest BCUT2D eigenvalue weighted by Gasteiger charge is 2.53. The van der Waals surface area contributed by atoms with Crippen molar-refractivity contribution in [3.05, 3.63) is 41.6 Å². The summed E-state index contributed by atoms with van der Waals surface area (Å²) in [5.41, 5.74) is 1.73. The summed E-state index contributed by atoms with van der Waals surface area (Å²) in [6.07, 6.45) is 4.65. The second-order valence-corrected chi connectivity index (χ2v) is 8.73. The Kier molecular flexibility index (Phi) is 3.79. The molecule has 0 bridgehead atoms. The van der Waals surface area contributed by atoms with Crippen molar-refractivity contribution in [2.75, 3.05) is 11.5 Å². The molecule has 2 aliphatic heterocycles. The molecule has 6 heteroatoms. The molecular weight excluding hydrogens is 368 g/mol. The van der Waals surface area contributed by atoms with Crippen molar-refractivity contribution in [1.29, 1.82) is 0 Å². The van der Waals surface area contributed by atoms with Gasteiger partial charge in [-0.15, -0.1) is 0 Å². The van der Waals surface area contributed by atoms with Crippen LogP contribution in [0.25, 0.3) is 0 Å². The first-order valence-electron chi connectivity index (χ1n) is 10.2. The maximum absolute atomic E-state index is 12.7. The van der Waals surface area contributed by atoms with E-state index >= 15 is 0 Å². The Labute approximate surface area is 169 Å². The number of carbonyl (C=O) groups excluding carboxylic acids is 2. The van der Waals surface area contributed by atoms with Gasteiger partial charge in [0.25, 0.3) is 0 Å². The van der Waals surface area contributed by atoms with Crippen LogP contribution < -0.4 is 14.4 Å². The van der Waals surface area contributed by atoms with E-state index in [9.17, 15) is 9.59 Å². The minimum Gasteiger partial charge on any atom is -0.492 e.